The molecule has 6 aliphatic rings. The molecule has 2 bridgehead atoms. The summed E-state index contributed by atoms with van der Waals surface area (Å²) < 4.78 is 45.1. The van der Waals surface area contributed by atoms with Crippen molar-refractivity contribution in [1.82, 2.24) is 25.2 Å². The number of nitrogens with zero attached hydrogens (tertiary/aromatic N) is 5. The number of aromatic hydroxyl groups is 1. The zero-order valence-corrected chi connectivity index (χ0v) is 27.5. The van der Waals surface area contributed by atoms with Gasteiger partial charge in [0.2, 0.25) is 5.88 Å². The number of hydrogen-bond donors (Lipinski definition) is 3. The third-order valence-electron chi connectivity index (χ3n) is 12.3. The van der Waals surface area contributed by atoms with E-state index in [9.17, 15) is 10.2 Å². The van der Waals surface area contributed by atoms with Crippen LogP contribution in [0.3, 0.4) is 0 Å². The Labute approximate surface area is 282 Å². The van der Waals surface area contributed by atoms with E-state index in [-0.39, 0.29) is 70.6 Å². The summed E-state index contributed by atoms with van der Waals surface area (Å²) >= 11 is 0. The Hall–Kier alpha value is -3.87. The zero-order valence-electron chi connectivity index (χ0n) is 27.5. The predicted molar refractivity (Wildman–Crippen MR) is 179 cm³/mol. The molecule has 2 aliphatic carbocycles. The van der Waals surface area contributed by atoms with Crippen molar-refractivity contribution < 1.29 is 28.5 Å². The first kappa shape index (κ1) is 30.0. The number of fused-ring (bicyclic) bond motifs is 7. The Morgan fingerprint density at radius 3 is 2.80 bits per heavy atom. The van der Waals surface area contributed by atoms with Gasteiger partial charge in [0.15, 0.2) is 5.82 Å². The van der Waals surface area contributed by atoms with E-state index < -0.39 is 11.6 Å². The minimum absolute atomic E-state index is 0.0299. The lowest BCUT2D eigenvalue weighted by Crippen LogP contribution is -2.60. The quantitative estimate of drug-likeness (QED) is 0.246. The number of piperazine rings is 1. The molecule has 0 radical (unpaired) electrons. The van der Waals surface area contributed by atoms with Crippen molar-refractivity contribution in [2.75, 3.05) is 44.4 Å². The average molecular weight is 671 g/mol. The summed E-state index contributed by atoms with van der Waals surface area (Å²) in [5, 5.41) is 26.0. The van der Waals surface area contributed by atoms with Gasteiger partial charge in [0, 0.05) is 48.7 Å². The van der Waals surface area contributed by atoms with Gasteiger partial charge in [-0.15, -0.1) is 0 Å². The maximum absolute atomic E-state index is 17.2. The van der Waals surface area contributed by atoms with Crippen LogP contribution >= 0.6 is 0 Å². The summed E-state index contributed by atoms with van der Waals surface area (Å²) in [7, 11) is 0. The van der Waals surface area contributed by atoms with Gasteiger partial charge in [-0.2, -0.15) is 9.97 Å². The molecule has 0 spiro atoms. The Bertz CT molecular complexity index is 2030. The van der Waals surface area contributed by atoms with Crippen molar-refractivity contribution in [1.29, 1.82) is 0 Å². The highest BCUT2D eigenvalue weighted by atomic mass is 19.1. The Kier molecular flexibility index (Phi) is 6.62. The number of pyridine rings is 1. The van der Waals surface area contributed by atoms with Gasteiger partial charge in [0.1, 0.15) is 40.6 Å². The van der Waals surface area contributed by atoms with Crippen molar-refractivity contribution in [3.63, 3.8) is 0 Å². The molecule has 0 amide bonds. The third kappa shape index (κ3) is 4.70. The first-order valence-electron chi connectivity index (χ1n) is 17.8. The Balaban J connectivity index is 1.09. The van der Waals surface area contributed by atoms with Gasteiger partial charge in [-0.3, -0.25) is 4.90 Å². The van der Waals surface area contributed by atoms with Crippen molar-refractivity contribution in [2.24, 2.45) is 17.3 Å². The first-order chi connectivity index (χ1) is 23.8. The summed E-state index contributed by atoms with van der Waals surface area (Å²) in [4.78, 5) is 19.1. The molecule has 6 heterocycles. The van der Waals surface area contributed by atoms with Crippen LogP contribution in [0.2, 0.25) is 0 Å². The number of aromatic nitrogens is 3. The van der Waals surface area contributed by atoms with E-state index in [0.29, 0.717) is 65.6 Å². The van der Waals surface area contributed by atoms with Crippen LogP contribution in [0, 0.1) is 28.9 Å². The predicted octanol–water partition coefficient (Wildman–Crippen LogP) is 4.56. The number of hydrogen-bond acceptors (Lipinski definition) is 10. The van der Waals surface area contributed by atoms with Crippen molar-refractivity contribution in [3.05, 3.63) is 41.5 Å². The fourth-order valence-corrected chi connectivity index (χ4v) is 9.46. The smallest absolute Gasteiger partial charge is 0.319 e. The fourth-order valence-electron chi connectivity index (χ4n) is 9.46. The molecule has 4 aromatic rings. The Morgan fingerprint density at radius 2 is 1.98 bits per heavy atom. The number of likely N-dealkylation sites (tertiary alicyclic amines) is 1. The number of anilines is 1. The van der Waals surface area contributed by atoms with Crippen LogP contribution in [0.4, 0.5) is 14.6 Å². The number of ether oxygens (including phenoxy) is 2. The van der Waals surface area contributed by atoms with Crippen LogP contribution in [0.1, 0.15) is 44.6 Å². The monoisotopic (exact) mass is 670 g/mol. The molecule has 3 saturated heterocycles. The summed E-state index contributed by atoms with van der Waals surface area (Å²) in [5.74, 6) is 0.902. The lowest BCUT2D eigenvalue weighted by Gasteiger charge is -2.40. The molecule has 3 N–H and O–H groups in total. The number of phenols is 1. The lowest BCUT2D eigenvalue weighted by molar-refractivity contribution is 0.0966. The second-order valence-electron chi connectivity index (χ2n) is 15.3. The van der Waals surface area contributed by atoms with Gasteiger partial charge in [0.25, 0.3) is 0 Å². The minimum Gasteiger partial charge on any atom is -0.508 e. The highest BCUT2D eigenvalue weighted by molar-refractivity contribution is 6.03. The SMILES string of the molecule is CCc1c(F)ccc2cc(O)cc(-c3nc4c5c(nc(OCC6(CN7C[C@H]8C[C@H]8[C@H]7CO)CC6)nc5c3F)N3C[C@@H]5CC[C@@H](N5)[C@H]3CO4)c12. The molecule has 12 heteroatoms. The number of aliphatic hydroxyl groups excluding tert-OH is 1. The fraction of sp³-hybridized carbons (Fsp3) is 0.541. The van der Waals surface area contributed by atoms with Gasteiger partial charge in [-0.05, 0) is 84.9 Å². The lowest BCUT2D eigenvalue weighted by atomic mass is 9.94. The maximum atomic E-state index is 17.2. The van der Waals surface area contributed by atoms with E-state index in [0.717, 1.165) is 38.8 Å². The third-order valence-corrected chi connectivity index (χ3v) is 12.3. The van der Waals surface area contributed by atoms with Crippen LogP contribution in [0.5, 0.6) is 17.6 Å². The molecule has 6 atom stereocenters. The van der Waals surface area contributed by atoms with Crippen molar-refractivity contribution in [2.45, 2.75) is 69.6 Å². The molecule has 2 saturated carbocycles. The minimum atomic E-state index is -0.700. The molecular formula is C37H40F2N6O4. The number of aryl methyl sites for hydroxylation is 1. The van der Waals surface area contributed by atoms with E-state index in [1.165, 1.54) is 18.6 Å². The molecule has 10 rings (SSSR count). The molecule has 256 valence electrons. The van der Waals surface area contributed by atoms with E-state index in [4.69, 9.17) is 24.4 Å². The Morgan fingerprint density at radius 1 is 1.10 bits per heavy atom. The van der Waals surface area contributed by atoms with Gasteiger partial charge in [-0.25, -0.2) is 13.8 Å². The highest BCUT2D eigenvalue weighted by Gasteiger charge is 2.55. The van der Waals surface area contributed by atoms with Crippen molar-refractivity contribution in [3.8, 4) is 28.9 Å². The number of rotatable bonds is 8. The van der Waals surface area contributed by atoms with Gasteiger partial charge < -0.3 is 29.9 Å². The van der Waals surface area contributed by atoms with Crippen molar-refractivity contribution >= 4 is 27.5 Å². The summed E-state index contributed by atoms with van der Waals surface area (Å²) in [6.45, 7) is 5.33. The standard InChI is InChI=1S/C37H40F2N6O4/c1-2-22-25(38)5-3-18-9-21(47)11-24(29(18)22)32-31(39)33-30-34(45-13-20-4-6-26(40-20)28(45)15-48-35(30)41-32)43-36(42-33)49-17-37(7-8-37)16-44-12-19-10-23(19)27(44)14-46/h3,5,9,11,19-20,23,26-28,40,46-47H,2,4,6-8,10,12-17H2,1H3/t19-,20+,23-,26-,27-,28-/m1/s1. The number of halogens is 2. The summed E-state index contributed by atoms with van der Waals surface area (Å²) in [5.41, 5.74) is 0.600. The molecule has 4 aliphatic heterocycles. The average Bonchev–Trinajstić information content (AvgIpc) is 3.99. The van der Waals surface area contributed by atoms with Gasteiger partial charge in [-0.1, -0.05) is 13.0 Å². The van der Waals surface area contributed by atoms with Crippen LogP contribution in [0.15, 0.2) is 24.3 Å². The second kappa shape index (κ2) is 10.8. The highest BCUT2D eigenvalue weighted by Crippen LogP contribution is 2.54. The molecule has 10 nitrogen and oxygen atoms in total. The van der Waals surface area contributed by atoms with Gasteiger partial charge in [0.05, 0.1) is 19.3 Å². The molecule has 2 aromatic heterocycles. The molecule has 5 fully saturated rings. The first-order valence-corrected chi connectivity index (χ1v) is 17.8. The number of aliphatic hydroxyl groups is 1. The zero-order chi connectivity index (χ0) is 33.2. The number of piperidine rings is 1. The van der Waals surface area contributed by atoms with E-state index in [2.05, 4.69) is 15.1 Å². The summed E-state index contributed by atoms with van der Waals surface area (Å²) in [6.07, 6.45) is 5.67. The van der Waals surface area contributed by atoms with Gasteiger partial charge >= 0.3 is 6.01 Å². The largest absolute Gasteiger partial charge is 0.508 e. The number of nitrogens with one attached hydrogen (secondary N) is 1. The van der Waals surface area contributed by atoms with Crippen LogP contribution in [0.25, 0.3) is 32.9 Å². The molecule has 49 heavy (non-hydrogen) atoms. The number of phenolic OH excluding ortho intramolecular Hbond substituents is 1. The summed E-state index contributed by atoms with van der Waals surface area (Å²) in [6, 6.07) is 6.71. The number of benzene rings is 2. The molecule has 2 aromatic carbocycles. The molecule has 0 unspecified atom stereocenters. The van der Waals surface area contributed by atoms with Crippen LogP contribution in [-0.2, 0) is 6.42 Å². The van der Waals surface area contributed by atoms with E-state index in [1.807, 2.05) is 6.92 Å². The topological polar surface area (TPSA) is 116 Å². The van der Waals surface area contributed by atoms with Crippen LogP contribution in [-0.4, -0.2) is 93.7 Å². The van der Waals surface area contributed by atoms with E-state index >= 15 is 8.78 Å². The molecular weight excluding hydrogens is 630 g/mol. The second-order valence-corrected chi connectivity index (χ2v) is 15.3. The van der Waals surface area contributed by atoms with Crippen LogP contribution < -0.4 is 19.7 Å². The normalized spacial score (nSPS) is 29.1. The van der Waals surface area contributed by atoms with E-state index in [1.54, 1.807) is 12.1 Å². The maximum Gasteiger partial charge on any atom is 0.319 e.